The van der Waals surface area contributed by atoms with Gasteiger partial charge in [-0.3, -0.25) is 4.79 Å². The molecule has 2 aliphatic rings. The predicted molar refractivity (Wildman–Crippen MR) is 155 cm³/mol. The number of likely N-dealkylation sites (tertiary alicyclic amines) is 1. The average molecular weight is 557 g/mol. The number of fused-ring (bicyclic) bond motifs is 1. The van der Waals surface area contributed by atoms with Gasteiger partial charge in [-0.05, 0) is 113 Å². The zero-order chi connectivity index (χ0) is 28.4. The van der Waals surface area contributed by atoms with Crippen molar-refractivity contribution in [2.75, 3.05) is 25.0 Å². The molecular formula is C30H44N4O4S. The molecule has 1 amide bonds. The number of hydrogen-bond acceptors (Lipinski definition) is 6. The molecule has 0 spiro atoms. The summed E-state index contributed by atoms with van der Waals surface area (Å²) in [7, 11) is -3.98. The summed E-state index contributed by atoms with van der Waals surface area (Å²) in [5.74, 6) is 1.99. The Balaban J connectivity index is 1.58. The van der Waals surface area contributed by atoms with Gasteiger partial charge in [-0.25, -0.2) is 13.4 Å². The van der Waals surface area contributed by atoms with Crippen LogP contribution in [0.5, 0.6) is 5.75 Å². The predicted octanol–water partition coefficient (Wildman–Crippen LogP) is 4.91. The first-order valence-corrected chi connectivity index (χ1v) is 15.7. The number of carbonyl (C=O) groups excluding carboxylic acids is 1. The van der Waals surface area contributed by atoms with Crippen molar-refractivity contribution >= 4 is 21.7 Å². The van der Waals surface area contributed by atoms with Crippen molar-refractivity contribution in [3.05, 3.63) is 46.6 Å². The van der Waals surface area contributed by atoms with Crippen molar-refractivity contribution in [2.24, 2.45) is 5.92 Å². The van der Waals surface area contributed by atoms with Gasteiger partial charge in [0.1, 0.15) is 23.2 Å². The van der Waals surface area contributed by atoms with E-state index in [-0.39, 0.29) is 16.4 Å². The van der Waals surface area contributed by atoms with Crippen LogP contribution in [0, 0.1) is 26.7 Å². The maximum absolute atomic E-state index is 14.0. The number of pyridine rings is 1. The number of anilines is 1. The minimum Gasteiger partial charge on any atom is -0.487 e. The highest BCUT2D eigenvalue weighted by Crippen LogP contribution is 2.42. The number of ether oxygens (including phenoxy) is 1. The van der Waals surface area contributed by atoms with Crippen molar-refractivity contribution in [1.29, 1.82) is 0 Å². The largest absolute Gasteiger partial charge is 0.487 e. The van der Waals surface area contributed by atoms with Gasteiger partial charge in [0.05, 0.1) is 4.90 Å². The van der Waals surface area contributed by atoms with Crippen LogP contribution >= 0.6 is 0 Å². The van der Waals surface area contributed by atoms with Gasteiger partial charge < -0.3 is 15.0 Å². The second kappa shape index (κ2) is 11.8. The van der Waals surface area contributed by atoms with E-state index < -0.39 is 16.1 Å². The number of piperidine rings is 1. The summed E-state index contributed by atoms with van der Waals surface area (Å²) in [6, 6.07) is 4.81. The second-order valence-corrected chi connectivity index (χ2v) is 13.5. The number of carbonyl (C=O) groups is 1. The molecule has 1 saturated heterocycles. The van der Waals surface area contributed by atoms with Gasteiger partial charge in [0.2, 0.25) is 15.9 Å². The van der Waals surface area contributed by atoms with Gasteiger partial charge in [-0.15, -0.1) is 0 Å². The van der Waals surface area contributed by atoms with Crippen LogP contribution in [0.4, 0.5) is 5.82 Å². The van der Waals surface area contributed by atoms with Gasteiger partial charge in [0, 0.05) is 25.8 Å². The molecule has 2 aliphatic heterocycles. The average Bonchev–Trinajstić information content (AvgIpc) is 2.89. The van der Waals surface area contributed by atoms with Crippen LogP contribution in [0.2, 0.25) is 0 Å². The molecule has 0 aliphatic carbocycles. The standard InChI is InChI=1S/C30H44N4O4S/c1-20-13-18-34(19-14-20)29(35)25(10-9-17-32-26-11-7-8-16-31-26)33-39(36,37)28-22(3)21(2)27-24(23(28)4)12-15-30(5,6)38-27/h7-8,11,16,20,25,33H,9-10,12-15,17-19H2,1-6H3,(H,31,32)/t25-/m0/s1. The molecule has 3 heterocycles. The Morgan fingerprint density at radius 3 is 2.54 bits per heavy atom. The van der Waals surface area contributed by atoms with Crippen LogP contribution in [0.1, 0.15) is 75.1 Å². The lowest BCUT2D eigenvalue weighted by atomic mass is 9.88. The minimum absolute atomic E-state index is 0.140. The number of rotatable bonds is 9. The summed E-state index contributed by atoms with van der Waals surface area (Å²) in [4.78, 5) is 20.0. The summed E-state index contributed by atoms with van der Waals surface area (Å²) in [5, 5.41) is 3.26. The molecule has 9 heteroatoms. The highest BCUT2D eigenvalue weighted by Gasteiger charge is 2.36. The zero-order valence-electron chi connectivity index (χ0n) is 24.3. The highest BCUT2D eigenvalue weighted by atomic mass is 32.2. The zero-order valence-corrected chi connectivity index (χ0v) is 25.1. The number of amides is 1. The fourth-order valence-corrected chi connectivity index (χ4v) is 7.46. The molecule has 2 aromatic rings. The molecule has 214 valence electrons. The number of nitrogens with one attached hydrogen (secondary N) is 2. The molecule has 2 N–H and O–H groups in total. The van der Waals surface area contributed by atoms with E-state index in [9.17, 15) is 13.2 Å². The van der Waals surface area contributed by atoms with E-state index in [1.165, 1.54) is 0 Å². The van der Waals surface area contributed by atoms with Crippen LogP contribution < -0.4 is 14.8 Å². The normalized spacial score (nSPS) is 18.3. The fraction of sp³-hybridized carbons (Fsp3) is 0.600. The number of benzene rings is 1. The molecule has 0 radical (unpaired) electrons. The summed E-state index contributed by atoms with van der Waals surface area (Å²) < 4.78 is 37.1. The monoisotopic (exact) mass is 556 g/mol. The quantitative estimate of drug-likeness (QED) is 0.426. The van der Waals surface area contributed by atoms with Gasteiger partial charge in [0.15, 0.2) is 0 Å². The van der Waals surface area contributed by atoms with E-state index in [0.717, 1.165) is 48.4 Å². The Hall–Kier alpha value is -2.65. The SMILES string of the molecule is Cc1c(C)c(S(=O)(=O)N[C@@H](CCCNc2ccccn2)C(=O)N2CCC(C)CC2)c(C)c2c1OC(C)(C)CC2. The highest BCUT2D eigenvalue weighted by molar-refractivity contribution is 7.89. The van der Waals surface area contributed by atoms with Crippen LogP contribution in [0.3, 0.4) is 0 Å². The summed E-state index contributed by atoms with van der Waals surface area (Å²) in [6.07, 6.45) is 6.17. The van der Waals surface area contributed by atoms with Crippen molar-refractivity contribution < 1.29 is 17.9 Å². The number of hydrogen-bond donors (Lipinski definition) is 2. The Kier molecular flexibility index (Phi) is 8.91. The first-order chi connectivity index (χ1) is 18.4. The summed E-state index contributed by atoms with van der Waals surface area (Å²) in [6.45, 7) is 13.8. The van der Waals surface area contributed by atoms with Crippen LogP contribution in [0.25, 0.3) is 0 Å². The molecule has 8 nitrogen and oxygen atoms in total. The Morgan fingerprint density at radius 2 is 1.87 bits per heavy atom. The molecule has 0 unspecified atom stereocenters. The Bertz CT molecular complexity index is 1290. The van der Waals surface area contributed by atoms with Gasteiger partial charge >= 0.3 is 0 Å². The smallest absolute Gasteiger partial charge is 0.241 e. The number of aromatic nitrogens is 1. The van der Waals surface area contributed by atoms with E-state index in [0.29, 0.717) is 49.5 Å². The Labute approximate surface area is 234 Å². The lowest BCUT2D eigenvalue weighted by Gasteiger charge is -2.36. The van der Waals surface area contributed by atoms with Crippen molar-refractivity contribution in [3.8, 4) is 5.75 Å². The van der Waals surface area contributed by atoms with Gasteiger partial charge in [-0.1, -0.05) is 13.0 Å². The van der Waals surface area contributed by atoms with Crippen molar-refractivity contribution in [2.45, 2.75) is 96.6 Å². The van der Waals surface area contributed by atoms with Gasteiger partial charge in [0.25, 0.3) is 0 Å². The number of sulfonamides is 1. The van der Waals surface area contributed by atoms with E-state index in [1.54, 1.807) is 6.20 Å². The molecule has 0 saturated carbocycles. The lowest BCUT2D eigenvalue weighted by molar-refractivity contribution is -0.134. The van der Waals surface area contributed by atoms with Crippen molar-refractivity contribution in [1.82, 2.24) is 14.6 Å². The van der Waals surface area contributed by atoms with Crippen molar-refractivity contribution in [3.63, 3.8) is 0 Å². The molecule has 0 bridgehead atoms. The Morgan fingerprint density at radius 1 is 1.15 bits per heavy atom. The minimum atomic E-state index is -3.98. The summed E-state index contributed by atoms with van der Waals surface area (Å²) in [5.41, 5.74) is 2.89. The van der Waals surface area contributed by atoms with Crippen LogP contribution in [0.15, 0.2) is 29.3 Å². The molecule has 1 atom stereocenters. The third-order valence-electron chi connectivity index (χ3n) is 8.27. The molecule has 1 aromatic carbocycles. The lowest BCUT2D eigenvalue weighted by Crippen LogP contribution is -2.50. The van der Waals surface area contributed by atoms with E-state index in [4.69, 9.17) is 4.74 Å². The molecule has 1 fully saturated rings. The number of nitrogens with zero attached hydrogens (tertiary/aromatic N) is 2. The van der Waals surface area contributed by atoms with Crippen LogP contribution in [-0.2, 0) is 21.2 Å². The second-order valence-electron chi connectivity index (χ2n) is 11.8. The molecule has 4 rings (SSSR count). The fourth-order valence-electron chi connectivity index (χ4n) is 5.67. The summed E-state index contributed by atoms with van der Waals surface area (Å²) >= 11 is 0. The maximum Gasteiger partial charge on any atom is 0.241 e. The third-order valence-corrected chi connectivity index (χ3v) is 10.0. The topological polar surface area (TPSA) is 101 Å². The van der Waals surface area contributed by atoms with E-state index >= 15 is 0 Å². The molecule has 39 heavy (non-hydrogen) atoms. The first-order valence-electron chi connectivity index (χ1n) is 14.2. The molecule has 1 aromatic heterocycles. The van der Waals surface area contributed by atoms with Crippen LogP contribution in [-0.4, -0.2) is 55.5 Å². The van der Waals surface area contributed by atoms with E-state index in [1.807, 2.05) is 43.9 Å². The maximum atomic E-state index is 14.0. The van der Waals surface area contributed by atoms with E-state index in [2.05, 4.69) is 35.8 Å². The molecular weight excluding hydrogens is 512 g/mol. The van der Waals surface area contributed by atoms with Gasteiger partial charge in [-0.2, -0.15) is 4.72 Å². The third kappa shape index (κ3) is 6.74. The first kappa shape index (κ1) is 29.3.